The molecule has 0 atom stereocenters. The van der Waals surface area contributed by atoms with Gasteiger partial charge in [0.15, 0.2) is 5.69 Å². The molecular formula is C13H7F3N4O. The van der Waals surface area contributed by atoms with Crippen molar-refractivity contribution in [2.45, 2.75) is 6.18 Å². The van der Waals surface area contributed by atoms with Gasteiger partial charge in [0, 0.05) is 6.20 Å². The number of nitrogens with one attached hydrogen (secondary N) is 1. The van der Waals surface area contributed by atoms with Gasteiger partial charge in [-0.25, -0.2) is 4.98 Å². The molecule has 0 aliphatic heterocycles. The Morgan fingerprint density at radius 2 is 2.00 bits per heavy atom. The van der Waals surface area contributed by atoms with Crippen molar-refractivity contribution >= 4 is 11.6 Å². The van der Waals surface area contributed by atoms with Crippen LogP contribution in [0.5, 0.6) is 0 Å². The third kappa shape index (κ3) is 3.33. The van der Waals surface area contributed by atoms with Crippen LogP contribution in [0, 0.1) is 11.3 Å². The fourth-order valence-corrected chi connectivity index (χ4v) is 1.55. The molecule has 0 aliphatic rings. The number of halogens is 3. The van der Waals surface area contributed by atoms with Gasteiger partial charge in [-0.15, -0.1) is 0 Å². The van der Waals surface area contributed by atoms with E-state index in [4.69, 9.17) is 5.26 Å². The minimum atomic E-state index is -4.73. The summed E-state index contributed by atoms with van der Waals surface area (Å²) >= 11 is 0. The van der Waals surface area contributed by atoms with E-state index < -0.39 is 23.3 Å². The molecule has 0 aromatic carbocycles. The van der Waals surface area contributed by atoms with Crippen molar-refractivity contribution < 1.29 is 18.0 Å². The standard InChI is InChI=1S/C13H7F3N4O/c14-13(15,16)11-10(2-1-5-18-11)12(21)20-9-4-3-8(6-17)19-7-9/h1-5,7H,(H,20,21). The molecule has 8 heteroatoms. The molecule has 2 aromatic rings. The monoisotopic (exact) mass is 292 g/mol. The molecule has 0 saturated heterocycles. The molecule has 0 bridgehead atoms. The van der Waals surface area contributed by atoms with Gasteiger partial charge >= 0.3 is 6.18 Å². The lowest BCUT2D eigenvalue weighted by atomic mass is 10.1. The van der Waals surface area contributed by atoms with Crippen LogP contribution in [0.1, 0.15) is 21.7 Å². The summed E-state index contributed by atoms with van der Waals surface area (Å²) in [6.07, 6.45) is -2.58. The Morgan fingerprint density at radius 3 is 2.57 bits per heavy atom. The molecule has 0 saturated carbocycles. The summed E-state index contributed by atoms with van der Waals surface area (Å²) in [4.78, 5) is 18.8. The van der Waals surface area contributed by atoms with Crippen LogP contribution in [0.2, 0.25) is 0 Å². The highest BCUT2D eigenvalue weighted by molar-refractivity contribution is 6.05. The van der Waals surface area contributed by atoms with Gasteiger partial charge in [0.1, 0.15) is 11.8 Å². The number of nitrogens with zero attached hydrogens (tertiary/aromatic N) is 3. The number of hydrogen-bond donors (Lipinski definition) is 1. The lowest BCUT2D eigenvalue weighted by Gasteiger charge is -2.11. The number of carbonyl (C=O) groups is 1. The molecule has 0 spiro atoms. The molecule has 0 fully saturated rings. The summed E-state index contributed by atoms with van der Waals surface area (Å²) in [6, 6.07) is 6.76. The van der Waals surface area contributed by atoms with E-state index in [0.29, 0.717) is 0 Å². The molecule has 2 heterocycles. The second-order valence-corrected chi connectivity index (χ2v) is 3.90. The van der Waals surface area contributed by atoms with Crippen LogP contribution >= 0.6 is 0 Å². The zero-order valence-corrected chi connectivity index (χ0v) is 10.3. The average Bonchev–Trinajstić information content (AvgIpc) is 2.47. The minimum Gasteiger partial charge on any atom is -0.321 e. The van der Waals surface area contributed by atoms with Crippen LogP contribution in [-0.4, -0.2) is 15.9 Å². The van der Waals surface area contributed by atoms with E-state index >= 15 is 0 Å². The van der Waals surface area contributed by atoms with Gasteiger partial charge in [-0.3, -0.25) is 9.78 Å². The predicted molar refractivity (Wildman–Crippen MR) is 66.1 cm³/mol. The molecule has 21 heavy (non-hydrogen) atoms. The van der Waals surface area contributed by atoms with Crippen molar-refractivity contribution in [3.8, 4) is 6.07 Å². The highest BCUT2D eigenvalue weighted by Crippen LogP contribution is 2.30. The Hall–Kier alpha value is -2.95. The lowest BCUT2D eigenvalue weighted by molar-refractivity contribution is -0.141. The van der Waals surface area contributed by atoms with Crippen LogP contribution in [0.15, 0.2) is 36.7 Å². The van der Waals surface area contributed by atoms with E-state index in [1.54, 1.807) is 6.07 Å². The topological polar surface area (TPSA) is 78.7 Å². The van der Waals surface area contributed by atoms with Crippen LogP contribution in [-0.2, 0) is 6.18 Å². The van der Waals surface area contributed by atoms with Crippen molar-refractivity contribution in [1.29, 1.82) is 5.26 Å². The first-order chi connectivity index (χ1) is 9.91. The van der Waals surface area contributed by atoms with E-state index in [0.717, 1.165) is 12.3 Å². The quantitative estimate of drug-likeness (QED) is 0.922. The largest absolute Gasteiger partial charge is 0.434 e. The minimum absolute atomic E-state index is 0.130. The number of pyridine rings is 2. The van der Waals surface area contributed by atoms with Crippen LogP contribution in [0.25, 0.3) is 0 Å². The molecule has 1 amide bonds. The molecule has 0 aliphatic carbocycles. The first-order valence-electron chi connectivity index (χ1n) is 5.61. The Balaban J connectivity index is 2.27. The summed E-state index contributed by atoms with van der Waals surface area (Å²) < 4.78 is 38.3. The number of rotatable bonds is 2. The van der Waals surface area contributed by atoms with Crippen molar-refractivity contribution in [3.05, 3.63) is 53.6 Å². The third-order valence-electron chi connectivity index (χ3n) is 2.46. The number of aromatic nitrogens is 2. The SMILES string of the molecule is N#Cc1ccc(NC(=O)c2cccnc2C(F)(F)F)cn1. The number of nitriles is 1. The summed E-state index contributed by atoms with van der Waals surface area (Å²) in [5.41, 5.74) is -1.54. The second kappa shape index (κ2) is 5.58. The maximum absolute atomic E-state index is 12.8. The molecule has 1 N–H and O–H groups in total. The zero-order chi connectivity index (χ0) is 15.5. The van der Waals surface area contributed by atoms with Crippen LogP contribution < -0.4 is 5.32 Å². The Bertz CT molecular complexity index is 705. The highest BCUT2D eigenvalue weighted by Gasteiger charge is 2.36. The smallest absolute Gasteiger partial charge is 0.321 e. The van der Waals surface area contributed by atoms with Crippen molar-refractivity contribution in [1.82, 2.24) is 9.97 Å². The van der Waals surface area contributed by atoms with Gasteiger partial charge in [0.25, 0.3) is 5.91 Å². The van der Waals surface area contributed by atoms with E-state index in [1.165, 1.54) is 24.4 Å². The van der Waals surface area contributed by atoms with Gasteiger partial charge in [-0.1, -0.05) is 0 Å². The first-order valence-corrected chi connectivity index (χ1v) is 5.61. The summed E-state index contributed by atoms with van der Waals surface area (Å²) in [5.74, 6) is -0.957. The molecule has 5 nitrogen and oxygen atoms in total. The molecule has 2 rings (SSSR count). The summed E-state index contributed by atoms with van der Waals surface area (Å²) in [7, 11) is 0. The maximum atomic E-state index is 12.8. The van der Waals surface area contributed by atoms with Crippen molar-refractivity contribution in [3.63, 3.8) is 0 Å². The molecule has 0 radical (unpaired) electrons. The number of anilines is 1. The fraction of sp³-hybridized carbons (Fsp3) is 0.0769. The number of amides is 1. The van der Waals surface area contributed by atoms with E-state index in [9.17, 15) is 18.0 Å². The number of alkyl halides is 3. The predicted octanol–water partition coefficient (Wildman–Crippen LogP) is 2.62. The van der Waals surface area contributed by atoms with Crippen molar-refractivity contribution in [2.24, 2.45) is 0 Å². The van der Waals surface area contributed by atoms with Crippen LogP contribution in [0.4, 0.5) is 18.9 Å². The molecule has 0 unspecified atom stereocenters. The van der Waals surface area contributed by atoms with E-state index in [1.807, 2.05) is 0 Å². The first kappa shape index (κ1) is 14.5. The van der Waals surface area contributed by atoms with Crippen LogP contribution in [0.3, 0.4) is 0 Å². The number of hydrogen-bond acceptors (Lipinski definition) is 4. The van der Waals surface area contributed by atoms with E-state index in [2.05, 4.69) is 15.3 Å². The fourth-order valence-electron chi connectivity index (χ4n) is 1.55. The molecule has 106 valence electrons. The molecular weight excluding hydrogens is 285 g/mol. The van der Waals surface area contributed by atoms with Gasteiger partial charge < -0.3 is 5.32 Å². The lowest BCUT2D eigenvalue weighted by Crippen LogP contribution is -2.20. The summed E-state index contributed by atoms with van der Waals surface area (Å²) in [6.45, 7) is 0. The average molecular weight is 292 g/mol. The van der Waals surface area contributed by atoms with E-state index in [-0.39, 0.29) is 11.4 Å². The highest BCUT2D eigenvalue weighted by atomic mass is 19.4. The number of carbonyl (C=O) groups excluding carboxylic acids is 1. The van der Waals surface area contributed by atoms with Gasteiger partial charge in [-0.05, 0) is 24.3 Å². The maximum Gasteiger partial charge on any atom is 0.434 e. The molecule has 2 aromatic heterocycles. The third-order valence-corrected chi connectivity index (χ3v) is 2.46. The van der Waals surface area contributed by atoms with Gasteiger partial charge in [-0.2, -0.15) is 18.4 Å². The Kier molecular flexibility index (Phi) is 3.84. The normalized spacial score (nSPS) is 10.8. The van der Waals surface area contributed by atoms with Gasteiger partial charge in [0.2, 0.25) is 0 Å². The summed E-state index contributed by atoms with van der Waals surface area (Å²) in [5, 5.41) is 10.9. The Morgan fingerprint density at radius 1 is 1.24 bits per heavy atom. The zero-order valence-electron chi connectivity index (χ0n) is 10.3. The van der Waals surface area contributed by atoms with Crippen molar-refractivity contribution in [2.75, 3.05) is 5.32 Å². The Labute approximate surface area is 117 Å². The second-order valence-electron chi connectivity index (χ2n) is 3.90. The van der Waals surface area contributed by atoms with Gasteiger partial charge in [0.05, 0.1) is 17.4 Å².